The first-order chi connectivity index (χ1) is 11.3. The summed E-state index contributed by atoms with van der Waals surface area (Å²) in [6, 6.07) is 9.93. The van der Waals surface area contributed by atoms with Crippen molar-refractivity contribution in [3.63, 3.8) is 0 Å². The molecule has 0 aliphatic carbocycles. The molecule has 0 aromatic heterocycles. The largest absolute Gasteiger partial charge is 0.368 e. The van der Waals surface area contributed by atoms with Gasteiger partial charge in [-0.3, -0.25) is 4.79 Å². The number of likely N-dealkylation sites (tertiary alicyclic amines) is 1. The van der Waals surface area contributed by atoms with Crippen molar-refractivity contribution in [1.29, 1.82) is 0 Å². The highest BCUT2D eigenvalue weighted by Crippen LogP contribution is 2.36. The normalized spacial score (nSPS) is 30.0. The van der Waals surface area contributed by atoms with Crippen LogP contribution in [0.2, 0.25) is 0 Å². The van der Waals surface area contributed by atoms with Crippen LogP contribution in [-0.2, 0) is 14.3 Å². The fourth-order valence-electron chi connectivity index (χ4n) is 3.85. The Bertz CT molecular complexity index is 549. The first-order valence-electron chi connectivity index (χ1n) is 8.55. The van der Waals surface area contributed by atoms with Crippen molar-refractivity contribution >= 4 is 5.91 Å². The highest BCUT2D eigenvalue weighted by atomic mass is 16.6. The number of hydrogen-bond acceptors (Lipinski definition) is 4. The SMILES string of the molecule is O=C([C@@H]1OCCO[C@@H]1c1ccccc1)N1CCC2(CC1)CNC2. The van der Waals surface area contributed by atoms with Crippen LogP contribution in [0.5, 0.6) is 0 Å². The molecule has 3 saturated heterocycles. The van der Waals surface area contributed by atoms with E-state index in [-0.39, 0.29) is 12.0 Å². The Labute approximate surface area is 136 Å². The fourth-order valence-corrected chi connectivity index (χ4v) is 3.85. The van der Waals surface area contributed by atoms with E-state index in [2.05, 4.69) is 5.32 Å². The van der Waals surface area contributed by atoms with Gasteiger partial charge in [-0.25, -0.2) is 0 Å². The molecular weight excluding hydrogens is 292 g/mol. The summed E-state index contributed by atoms with van der Waals surface area (Å²) >= 11 is 0. The van der Waals surface area contributed by atoms with E-state index in [1.807, 2.05) is 35.2 Å². The molecule has 4 rings (SSSR count). The molecule has 2 atom stereocenters. The van der Waals surface area contributed by atoms with Crippen LogP contribution >= 0.6 is 0 Å². The number of hydrogen-bond donors (Lipinski definition) is 1. The third kappa shape index (κ3) is 2.89. The van der Waals surface area contributed by atoms with Gasteiger partial charge in [-0.1, -0.05) is 30.3 Å². The van der Waals surface area contributed by atoms with Crippen LogP contribution in [0.4, 0.5) is 0 Å². The Balaban J connectivity index is 1.45. The summed E-state index contributed by atoms with van der Waals surface area (Å²) < 4.78 is 11.7. The molecule has 1 spiro atoms. The molecule has 3 aliphatic rings. The van der Waals surface area contributed by atoms with Crippen LogP contribution in [0, 0.1) is 5.41 Å². The monoisotopic (exact) mass is 316 g/mol. The summed E-state index contributed by atoms with van der Waals surface area (Å²) in [6.45, 7) is 4.90. The maximum atomic E-state index is 13.0. The molecule has 1 N–H and O–H groups in total. The van der Waals surface area contributed by atoms with Gasteiger partial charge in [0.1, 0.15) is 6.10 Å². The molecule has 1 aromatic carbocycles. The van der Waals surface area contributed by atoms with E-state index in [0.717, 1.165) is 44.6 Å². The maximum absolute atomic E-state index is 13.0. The van der Waals surface area contributed by atoms with E-state index in [1.165, 1.54) is 0 Å². The molecule has 1 amide bonds. The highest BCUT2D eigenvalue weighted by Gasteiger charge is 2.43. The standard InChI is InChI=1S/C18H24N2O3/c21-17(20-8-6-18(7-9-20)12-19-13-18)16-15(22-10-11-23-16)14-4-2-1-3-5-14/h1-5,15-16,19H,6-13H2/t15-,16-/m1/s1. The van der Waals surface area contributed by atoms with Crippen molar-refractivity contribution in [2.24, 2.45) is 5.41 Å². The van der Waals surface area contributed by atoms with Gasteiger partial charge in [0.25, 0.3) is 5.91 Å². The lowest BCUT2D eigenvalue weighted by atomic mass is 9.73. The van der Waals surface area contributed by atoms with Crippen LogP contribution in [0.15, 0.2) is 30.3 Å². The van der Waals surface area contributed by atoms with Gasteiger partial charge in [0, 0.05) is 26.2 Å². The number of nitrogens with zero attached hydrogens (tertiary/aromatic N) is 1. The third-order valence-corrected chi connectivity index (χ3v) is 5.46. The van der Waals surface area contributed by atoms with Gasteiger partial charge in [-0.2, -0.15) is 0 Å². The smallest absolute Gasteiger partial charge is 0.254 e. The second-order valence-electron chi connectivity index (χ2n) is 6.92. The van der Waals surface area contributed by atoms with E-state index < -0.39 is 6.10 Å². The molecule has 3 heterocycles. The fraction of sp³-hybridized carbons (Fsp3) is 0.611. The van der Waals surface area contributed by atoms with Crippen LogP contribution in [0.3, 0.4) is 0 Å². The summed E-state index contributed by atoms with van der Waals surface area (Å²) in [4.78, 5) is 14.9. The van der Waals surface area contributed by atoms with Gasteiger partial charge < -0.3 is 19.7 Å². The number of rotatable bonds is 2. The number of ether oxygens (including phenoxy) is 2. The Kier molecular flexibility index (Phi) is 4.09. The van der Waals surface area contributed by atoms with E-state index in [9.17, 15) is 4.79 Å². The van der Waals surface area contributed by atoms with Gasteiger partial charge in [0.05, 0.1) is 13.2 Å². The average Bonchev–Trinajstić information content (AvgIpc) is 2.61. The molecule has 0 radical (unpaired) electrons. The number of piperidine rings is 1. The quantitative estimate of drug-likeness (QED) is 0.895. The molecule has 0 unspecified atom stereocenters. The van der Waals surface area contributed by atoms with Crippen molar-refractivity contribution in [3.05, 3.63) is 35.9 Å². The average molecular weight is 316 g/mol. The van der Waals surface area contributed by atoms with Crippen LogP contribution in [0.1, 0.15) is 24.5 Å². The summed E-state index contributed by atoms with van der Waals surface area (Å²) in [7, 11) is 0. The zero-order valence-electron chi connectivity index (χ0n) is 13.4. The van der Waals surface area contributed by atoms with Gasteiger partial charge in [-0.05, 0) is 23.8 Å². The summed E-state index contributed by atoms with van der Waals surface area (Å²) in [5.41, 5.74) is 1.46. The third-order valence-electron chi connectivity index (χ3n) is 5.46. The summed E-state index contributed by atoms with van der Waals surface area (Å²) in [5, 5.41) is 3.36. The molecular formula is C18H24N2O3. The van der Waals surface area contributed by atoms with Crippen molar-refractivity contribution < 1.29 is 14.3 Å². The van der Waals surface area contributed by atoms with Gasteiger partial charge in [0.15, 0.2) is 6.10 Å². The van der Waals surface area contributed by atoms with Crippen LogP contribution in [-0.4, -0.2) is 56.3 Å². The van der Waals surface area contributed by atoms with Crippen LogP contribution in [0.25, 0.3) is 0 Å². The van der Waals surface area contributed by atoms with Crippen molar-refractivity contribution in [2.75, 3.05) is 39.4 Å². The second-order valence-corrected chi connectivity index (χ2v) is 6.92. The first kappa shape index (κ1) is 15.1. The van der Waals surface area contributed by atoms with Crippen molar-refractivity contribution in [3.8, 4) is 0 Å². The minimum atomic E-state index is -0.514. The number of benzene rings is 1. The predicted molar refractivity (Wildman–Crippen MR) is 86.0 cm³/mol. The lowest BCUT2D eigenvalue weighted by Gasteiger charge is -2.49. The molecule has 124 valence electrons. The number of carbonyl (C=O) groups is 1. The maximum Gasteiger partial charge on any atom is 0.254 e. The Hall–Kier alpha value is -1.43. The van der Waals surface area contributed by atoms with E-state index in [4.69, 9.17) is 9.47 Å². The number of amides is 1. The molecule has 3 aliphatic heterocycles. The molecule has 5 heteroatoms. The summed E-state index contributed by atoms with van der Waals surface area (Å²) in [6.07, 6.45) is 1.38. The summed E-state index contributed by atoms with van der Waals surface area (Å²) in [5.74, 6) is 0.0840. The molecule has 23 heavy (non-hydrogen) atoms. The van der Waals surface area contributed by atoms with Crippen molar-refractivity contribution in [1.82, 2.24) is 10.2 Å². The van der Waals surface area contributed by atoms with Crippen molar-refractivity contribution in [2.45, 2.75) is 25.0 Å². The molecule has 3 fully saturated rings. The molecule has 5 nitrogen and oxygen atoms in total. The van der Waals surface area contributed by atoms with Crippen LogP contribution < -0.4 is 5.32 Å². The second kappa shape index (κ2) is 6.23. The minimum absolute atomic E-state index is 0.0840. The molecule has 0 saturated carbocycles. The van der Waals surface area contributed by atoms with Gasteiger partial charge in [-0.15, -0.1) is 0 Å². The van der Waals surface area contributed by atoms with Gasteiger partial charge in [0.2, 0.25) is 0 Å². The zero-order valence-corrected chi connectivity index (χ0v) is 13.4. The zero-order chi connectivity index (χ0) is 15.7. The molecule has 0 bridgehead atoms. The number of carbonyl (C=O) groups excluding carboxylic acids is 1. The van der Waals surface area contributed by atoms with Gasteiger partial charge >= 0.3 is 0 Å². The van der Waals surface area contributed by atoms with E-state index in [1.54, 1.807) is 0 Å². The number of nitrogens with one attached hydrogen (secondary N) is 1. The Morgan fingerprint density at radius 1 is 1.09 bits per heavy atom. The topological polar surface area (TPSA) is 50.8 Å². The predicted octanol–water partition coefficient (Wildman–Crippen LogP) is 1.36. The molecule has 1 aromatic rings. The Morgan fingerprint density at radius 2 is 1.78 bits per heavy atom. The van der Waals surface area contributed by atoms with E-state index in [0.29, 0.717) is 18.6 Å². The lowest BCUT2D eigenvalue weighted by molar-refractivity contribution is -0.177. The highest BCUT2D eigenvalue weighted by molar-refractivity contribution is 5.82. The van der Waals surface area contributed by atoms with E-state index >= 15 is 0 Å². The first-order valence-corrected chi connectivity index (χ1v) is 8.55. The Morgan fingerprint density at radius 3 is 2.43 bits per heavy atom. The minimum Gasteiger partial charge on any atom is -0.368 e. The lowest BCUT2D eigenvalue weighted by Crippen LogP contribution is -2.60.